The Bertz CT molecular complexity index is 148. The molecule has 0 aromatic carbocycles. The monoisotopic (exact) mass is 200 g/mol. The fourth-order valence-electron chi connectivity index (χ4n) is 0.468. The molecule has 5 heteroatoms. The SMILES string of the molecule is CC(C)CC(=O)OC(=S)[S-].[Na+]. The maximum atomic E-state index is 10.7. The van der Waals surface area contributed by atoms with Crippen molar-refractivity contribution in [2.75, 3.05) is 0 Å². The molecule has 0 heterocycles. The molecule has 0 rings (SSSR count). The molecule has 0 bridgehead atoms. The topological polar surface area (TPSA) is 26.3 Å². The molecule has 0 amide bonds. The first-order valence-corrected chi connectivity index (χ1v) is 3.75. The van der Waals surface area contributed by atoms with E-state index in [2.05, 4.69) is 29.6 Å². The minimum absolute atomic E-state index is 0. The Labute approximate surface area is 99.8 Å². The third-order valence-corrected chi connectivity index (χ3v) is 0.939. The number of esters is 1. The van der Waals surface area contributed by atoms with E-state index in [0.717, 1.165) is 0 Å². The fraction of sp³-hybridized carbons (Fsp3) is 0.667. The number of thiocarbonyl (C=S) groups is 1. The maximum absolute atomic E-state index is 10.7. The molecule has 0 aliphatic rings. The number of carbonyl (C=O) groups is 1. The van der Waals surface area contributed by atoms with Crippen LogP contribution >= 0.6 is 12.2 Å². The van der Waals surface area contributed by atoms with E-state index in [4.69, 9.17) is 0 Å². The Morgan fingerprint density at radius 3 is 2.36 bits per heavy atom. The summed E-state index contributed by atoms with van der Waals surface area (Å²) in [5.41, 5.74) is 0. The largest absolute Gasteiger partial charge is 1.00 e. The van der Waals surface area contributed by atoms with Gasteiger partial charge in [-0.15, -0.1) is 0 Å². The zero-order chi connectivity index (χ0) is 8.15. The van der Waals surface area contributed by atoms with Crippen molar-refractivity contribution in [3.05, 3.63) is 0 Å². The average Bonchev–Trinajstić information content (AvgIpc) is 1.58. The Hall–Kier alpha value is 0.780. The van der Waals surface area contributed by atoms with Gasteiger partial charge in [0.25, 0.3) is 0 Å². The van der Waals surface area contributed by atoms with Crippen LogP contribution in [-0.2, 0) is 22.2 Å². The zero-order valence-corrected chi connectivity index (χ0v) is 10.6. The number of carbonyl (C=O) groups excluding carboxylic acids is 1. The van der Waals surface area contributed by atoms with Gasteiger partial charge >= 0.3 is 35.5 Å². The van der Waals surface area contributed by atoms with E-state index in [1.54, 1.807) is 0 Å². The molecule has 0 aromatic heterocycles. The van der Waals surface area contributed by atoms with Crippen molar-refractivity contribution in [3.8, 4) is 0 Å². The summed E-state index contributed by atoms with van der Waals surface area (Å²) in [6, 6.07) is 0. The molecule has 11 heavy (non-hydrogen) atoms. The molecule has 0 saturated heterocycles. The van der Waals surface area contributed by atoms with Crippen molar-refractivity contribution in [1.29, 1.82) is 0 Å². The molecule has 0 aromatic rings. The summed E-state index contributed by atoms with van der Waals surface area (Å²) in [4.78, 5) is 10.7. The summed E-state index contributed by atoms with van der Waals surface area (Å²) in [7, 11) is 0. The van der Waals surface area contributed by atoms with Crippen LogP contribution in [0.4, 0.5) is 0 Å². The van der Waals surface area contributed by atoms with Gasteiger partial charge in [-0.1, -0.05) is 13.8 Å². The average molecular weight is 200 g/mol. The second-order valence-electron chi connectivity index (χ2n) is 2.32. The van der Waals surface area contributed by atoms with E-state index in [1.165, 1.54) is 0 Å². The summed E-state index contributed by atoms with van der Waals surface area (Å²) in [5.74, 6) is -0.0492. The number of hydrogen-bond donors (Lipinski definition) is 0. The van der Waals surface area contributed by atoms with E-state index >= 15 is 0 Å². The first-order valence-electron chi connectivity index (χ1n) is 2.94. The molecule has 0 aliphatic carbocycles. The van der Waals surface area contributed by atoms with Crippen molar-refractivity contribution in [2.24, 2.45) is 5.92 Å². The normalized spacial score (nSPS) is 8.64. The van der Waals surface area contributed by atoms with Crippen molar-refractivity contribution in [3.63, 3.8) is 0 Å². The van der Waals surface area contributed by atoms with E-state index in [0.29, 0.717) is 6.42 Å². The minimum atomic E-state index is -0.338. The van der Waals surface area contributed by atoms with Gasteiger partial charge in [-0.05, 0) is 5.92 Å². The van der Waals surface area contributed by atoms with E-state index in [1.807, 2.05) is 13.8 Å². The molecule has 0 radical (unpaired) electrons. The molecule has 2 nitrogen and oxygen atoms in total. The predicted octanol–water partition coefficient (Wildman–Crippen LogP) is -1.59. The maximum Gasteiger partial charge on any atom is 1.00 e. The van der Waals surface area contributed by atoms with Gasteiger partial charge in [0.05, 0.1) is 0 Å². The standard InChI is InChI=1S/C6H10O2S2.Na/c1-4(2)3-5(7)8-6(9)10;/h4H,3H2,1-2H3,(H,9,10);/q;+1/p-1. The molecule has 0 saturated carbocycles. The zero-order valence-electron chi connectivity index (χ0n) is 6.92. The molecule has 0 aliphatic heterocycles. The first-order chi connectivity index (χ1) is 4.52. The molecule has 0 fully saturated rings. The van der Waals surface area contributed by atoms with Crippen LogP contribution in [0.1, 0.15) is 20.3 Å². The molecule has 0 N–H and O–H groups in total. The molecule has 58 valence electrons. The van der Waals surface area contributed by atoms with E-state index in [-0.39, 0.29) is 45.8 Å². The molecule has 0 unspecified atom stereocenters. The third-order valence-electron chi connectivity index (χ3n) is 0.772. The van der Waals surface area contributed by atoms with Crippen molar-refractivity contribution < 1.29 is 39.1 Å². The van der Waals surface area contributed by atoms with Crippen LogP contribution in [0.3, 0.4) is 0 Å². The van der Waals surface area contributed by atoms with Gasteiger partial charge in [-0.3, -0.25) is 4.79 Å². The second-order valence-corrected chi connectivity index (χ2v) is 3.32. The summed E-state index contributed by atoms with van der Waals surface area (Å²) < 4.78 is 4.35. The number of hydrogen-bond acceptors (Lipinski definition) is 4. The third kappa shape index (κ3) is 10.8. The quantitative estimate of drug-likeness (QED) is 0.232. The molecule has 0 spiro atoms. The van der Waals surface area contributed by atoms with Crippen LogP contribution in [-0.4, -0.2) is 10.4 Å². The van der Waals surface area contributed by atoms with Gasteiger partial charge in [-0.25, -0.2) is 0 Å². The van der Waals surface area contributed by atoms with E-state index in [9.17, 15) is 4.79 Å². The van der Waals surface area contributed by atoms with Crippen LogP contribution in [0.15, 0.2) is 0 Å². The van der Waals surface area contributed by atoms with Crippen molar-refractivity contribution in [2.45, 2.75) is 20.3 Å². The van der Waals surface area contributed by atoms with Crippen LogP contribution in [0.25, 0.3) is 0 Å². The summed E-state index contributed by atoms with van der Waals surface area (Å²) in [5, 5.41) is 0. The Kier molecular flexibility index (Phi) is 9.67. The van der Waals surface area contributed by atoms with Crippen molar-refractivity contribution >= 4 is 35.2 Å². The smallest absolute Gasteiger partial charge is 0.447 e. The second kappa shape index (κ2) is 7.43. The van der Waals surface area contributed by atoms with Gasteiger partial charge in [0.15, 0.2) is 0 Å². The van der Waals surface area contributed by atoms with Crippen LogP contribution in [0.5, 0.6) is 0 Å². The summed E-state index contributed by atoms with van der Waals surface area (Å²) in [6.07, 6.45) is 0.372. The van der Waals surface area contributed by atoms with Crippen LogP contribution in [0, 0.1) is 5.92 Å². The van der Waals surface area contributed by atoms with Crippen molar-refractivity contribution in [1.82, 2.24) is 0 Å². The number of rotatable bonds is 2. The molecule has 0 atom stereocenters. The van der Waals surface area contributed by atoms with Gasteiger partial charge in [0.1, 0.15) is 0 Å². The summed E-state index contributed by atoms with van der Waals surface area (Å²) >= 11 is 8.79. The van der Waals surface area contributed by atoms with Gasteiger partial charge in [-0.2, -0.15) is 0 Å². The van der Waals surface area contributed by atoms with Crippen LogP contribution in [0.2, 0.25) is 0 Å². The molecular formula is C6H9NaO2S2. The predicted molar refractivity (Wildman–Crippen MR) is 45.5 cm³/mol. The van der Waals surface area contributed by atoms with Gasteiger partial charge in [0, 0.05) is 10.8 Å². The Morgan fingerprint density at radius 1 is 1.64 bits per heavy atom. The fourth-order valence-corrected chi connectivity index (χ4v) is 0.654. The summed E-state index contributed by atoms with van der Waals surface area (Å²) in [6.45, 7) is 3.85. The van der Waals surface area contributed by atoms with Gasteiger partial charge < -0.3 is 29.6 Å². The Balaban J connectivity index is 0. The Morgan fingerprint density at radius 2 is 2.09 bits per heavy atom. The van der Waals surface area contributed by atoms with Gasteiger partial charge in [0.2, 0.25) is 0 Å². The molecular weight excluding hydrogens is 191 g/mol. The minimum Gasteiger partial charge on any atom is -0.447 e. The van der Waals surface area contributed by atoms with Crippen LogP contribution < -0.4 is 29.6 Å². The first kappa shape index (κ1) is 14.3. The van der Waals surface area contributed by atoms with E-state index < -0.39 is 0 Å². The number of ether oxygens (including phenoxy) is 1.